The number of H-pyrrole nitrogens is 2. The summed E-state index contributed by atoms with van der Waals surface area (Å²) in [5.74, 6) is 2.25. The second-order valence-electron chi connectivity index (χ2n) is 10.8. The van der Waals surface area contributed by atoms with Crippen LogP contribution in [0.15, 0.2) is 77.5 Å². The summed E-state index contributed by atoms with van der Waals surface area (Å²) in [4.78, 5) is 8.26. The predicted octanol–water partition coefficient (Wildman–Crippen LogP) is 6.91. The molecule has 0 bridgehead atoms. The van der Waals surface area contributed by atoms with Crippen molar-refractivity contribution in [1.82, 2.24) is 25.5 Å². The van der Waals surface area contributed by atoms with Gasteiger partial charge in [0.05, 0.1) is 17.4 Å². The first-order valence-electron chi connectivity index (χ1n) is 13.9. The molecule has 7 heteroatoms. The molecule has 1 fully saturated rings. The van der Waals surface area contributed by atoms with E-state index in [2.05, 4.69) is 81.3 Å². The average Bonchev–Trinajstić information content (AvgIpc) is 3.54. The summed E-state index contributed by atoms with van der Waals surface area (Å²) in [5.41, 5.74) is 10.7. The van der Waals surface area contributed by atoms with Crippen molar-refractivity contribution in [3.8, 4) is 28.3 Å². The highest BCUT2D eigenvalue weighted by Gasteiger charge is 2.25. The van der Waals surface area contributed by atoms with Gasteiger partial charge >= 0.3 is 0 Å². The molecule has 198 valence electrons. The molecule has 1 aromatic carbocycles. The van der Waals surface area contributed by atoms with Gasteiger partial charge in [-0.3, -0.25) is 10.1 Å². The minimum Gasteiger partial charge on any atom is -0.489 e. The number of ether oxygens (including phenoxy) is 1. The van der Waals surface area contributed by atoms with E-state index in [1.54, 1.807) is 0 Å². The van der Waals surface area contributed by atoms with Crippen molar-refractivity contribution >= 4 is 22.7 Å². The number of allylic oxidation sites excluding steroid dienone is 4. The number of hydrogen-bond donors (Lipinski definition) is 3. The molecule has 5 heterocycles. The van der Waals surface area contributed by atoms with Crippen LogP contribution in [-0.2, 0) is 6.42 Å². The Morgan fingerprint density at radius 3 is 2.85 bits per heavy atom. The van der Waals surface area contributed by atoms with Gasteiger partial charge in [0.2, 0.25) is 0 Å². The summed E-state index contributed by atoms with van der Waals surface area (Å²) in [7, 11) is 0. The lowest BCUT2D eigenvalue weighted by molar-refractivity contribution is 0.162. The Morgan fingerprint density at radius 1 is 1.05 bits per heavy atom. The van der Waals surface area contributed by atoms with Crippen LogP contribution < -0.4 is 10.1 Å². The lowest BCUT2D eigenvalue weighted by atomic mass is 9.89. The summed E-state index contributed by atoms with van der Waals surface area (Å²) in [6.07, 6.45) is 15.0. The van der Waals surface area contributed by atoms with Gasteiger partial charge in [-0.2, -0.15) is 5.10 Å². The molecule has 6 nitrogen and oxygen atoms in total. The van der Waals surface area contributed by atoms with Gasteiger partial charge in [0.25, 0.3) is 0 Å². The van der Waals surface area contributed by atoms with Gasteiger partial charge in [0.15, 0.2) is 0 Å². The van der Waals surface area contributed by atoms with Crippen molar-refractivity contribution < 1.29 is 4.74 Å². The van der Waals surface area contributed by atoms with Crippen LogP contribution in [0.1, 0.15) is 43.4 Å². The molecule has 1 atom stereocenters. The molecule has 3 aliphatic rings. The number of piperidine rings is 1. The topological polar surface area (TPSA) is 78.6 Å². The third-order valence-corrected chi connectivity index (χ3v) is 8.87. The van der Waals surface area contributed by atoms with E-state index in [0.717, 1.165) is 83.7 Å². The number of hydrogen-bond acceptors (Lipinski definition) is 5. The van der Waals surface area contributed by atoms with Crippen LogP contribution in [-0.4, -0.2) is 45.1 Å². The minimum absolute atomic E-state index is 0.245. The minimum atomic E-state index is 0.245. The summed E-state index contributed by atoms with van der Waals surface area (Å²) in [6, 6.07) is 10.9. The molecule has 1 saturated heterocycles. The highest BCUT2D eigenvalue weighted by Crippen LogP contribution is 2.40. The summed E-state index contributed by atoms with van der Waals surface area (Å²) < 4.78 is 6.27. The van der Waals surface area contributed by atoms with E-state index in [4.69, 9.17) is 9.84 Å². The van der Waals surface area contributed by atoms with Crippen molar-refractivity contribution in [2.75, 3.05) is 18.8 Å². The van der Waals surface area contributed by atoms with Crippen LogP contribution in [0.2, 0.25) is 0 Å². The van der Waals surface area contributed by atoms with Gasteiger partial charge < -0.3 is 15.0 Å². The summed E-state index contributed by atoms with van der Waals surface area (Å²) >= 11 is 1.88. The molecule has 39 heavy (non-hydrogen) atoms. The normalized spacial score (nSPS) is 19.9. The van der Waals surface area contributed by atoms with E-state index in [-0.39, 0.29) is 6.10 Å². The van der Waals surface area contributed by atoms with Crippen LogP contribution >= 0.6 is 11.8 Å². The maximum absolute atomic E-state index is 6.27. The Morgan fingerprint density at radius 2 is 1.97 bits per heavy atom. The molecule has 7 rings (SSSR count). The lowest BCUT2D eigenvalue weighted by Crippen LogP contribution is -2.34. The molecule has 0 radical (unpaired) electrons. The average molecular weight is 536 g/mol. The van der Waals surface area contributed by atoms with Crippen molar-refractivity contribution in [3.63, 3.8) is 0 Å². The standard InChI is InChI=1S/C32H33N5OS/c1-20-4-6-26(22-3-2-12-39-19-22)27-16-31(35-30(27)13-20)32-28-15-21(5-7-29(28)36-37-32)23-14-25(18-34-17-23)38-24-8-10-33-11-9-24/h2-5,7,14-19,24,26,33,35H,6,8-13H2,1H3,(H,36,37). The first-order chi connectivity index (χ1) is 19.2. The van der Waals surface area contributed by atoms with Crippen molar-refractivity contribution in [1.29, 1.82) is 0 Å². The molecule has 4 aromatic rings. The number of nitrogens with one attached hydrogen (secondary N) is 3. The molecule has 3 N–H and O–H groups in total. The van der Waals surface area contributed by atoms with Gasteiger partial charge in [0.1, 0.15) is 17.5 Å². The summed E-state index contributed by atoms with van der Waals surface area (Å²) in [6.45, 7) is 4.24. The van der Waals surface area contributed by atoms with E-state index >= 15 is 0 Å². The number of pyridine rings is 1. The van der Waals surface area contributed by atoms with Crippen molar-refractivity contribution in [2.45, 2.75) is 44.6 Å². The van der Waals surface area contributed by atoms with Crippen LogP contribution in [0.3, 0.4) is 0 Å². The largest absolute Gasteiger partial charge is 0.489 e. The molecule has 0 amide bonds. The smallest absolute Gasteiger partial charge is 0.138 e. The fourth-order valence-corrected chi connectivity index (χ4v) is 6.72. The Bertz CT molecular complexity index is 1600. The Balaban J connectivity index is 1.23. The highest BCUT2D eigenvalue weighted by atomic mass is 32.2. The zero-order chi connectivity index (χ0) is 26.2. The number of fused-ring (bicyclic) bond motifs is 2. The maximum atomic E-state index is 6.27. The van der Waals surface area contributed by atoms with Gasteiger partial charge in [-0.05, 0) is 85.6 Å². The predicted molar refractivity (Wildman–Crippen MR) is 160 cm³/mol. The first kappa shape index (κ1) is 24.5. The van der Waals surface area contributed by atoms with Gasteiger partial charge in [-0.25, -0.2) is 0 Å². The van der Waals surface area contributed by atoms with Crippen LogP contribution in [0.5, 0.6) is 5.75 Å². The Hall–Kier alpha value is -3.55. The zero-order valence-corrected chi connectivity index (χ0v) is 23.0. The second kappa shape index (κ2) is 10.5. The van der Waals surface area contributed by atoms with Crippen molar-refractivity contribution in [3.05, 3.63) is 88.8 Å². The number of nitrogens with zero attached hydrogens (tertiary/aromatic N) is 2. The molecule has 0 saturated carbocycles. The fraction of sp³-hybridized carbons (Fsp3) is 0.312. The van der Waals surface area contributed by atoms with Crippen LogP contribution in [0.4, 0.5) is 0 Å². The first-order valence-corrected chi connectivity index (χ1v) is 14.9. The number of aromatic nitrogens is 4. The van der Waals surface area contributed by atoms with E-state index in [1.807, 2.05) is 24.2 Å². The quantitative estimate of drug-likeness (QED) is 0.242. The van der Waals surface area contributed by atoms with E-state index in [0.29, 0.717) is 5.92 Å². The van der Waals surface area contributed by atoms with Gasteiger partial charge in [-0.15, -0.1) is 11.8 Å². The molecule has 1 unspecified atom stereocenters. The third-order valence-electron chi connectivity index (χ3n) is 8.04. The summed E-state index contributed by atoms with van der Waals surface area (Å²) in [5, 5.41) is 14.9. The molecular weight excluding hydrogens is 502 g/mol. The molecule has 3 aromatic heterocycles. The molecule has 0 spiro atoms. The van der Waals surface area contributed by atoms with Crippen LogP contribution in [0.25, 0.3) is 33.4 Å². The van der Waals surface area contributed by atoms with Crippen LogP contribution in [0, 0.1) is 0 Å². The second-order valence-corrected chi connectivity index (χ2v) is 11.7. The van der Waals surface area contributed by atoms with E-state index in [9.17, 15) is 0 Å². The van der Waals surface area contributed by atoms with E-state index in [1.165, 1.54) is 22.4 Å². The molecule has 1 aliphatic carbocycles. The number of rotatable bonds is 5. The highest BCUT2D eigenvalue weighted by molar-refractivity contribution is 8.02. The maximum Gasteiger partial charge on any atom is 0.138 e. The third kappa shape index (κ3) is 4.97. The number of aromatic amines is 2. The lowest BCUT2D eigenvalue weighted by Gasteiger charge is -2.23. The zero-order valence-electron chi connectivity index (χ0n) is 22.2. The van der Waals surface area contributed by atoms with Crippen molar-refractivity contribution in [2.24, 2.45) is 0 Å². The Labute approximate surface area is 233 Å². The fourth-order valence-electron chi connectivity index (χ4n) is 5.98. The van der Waals surface area contributed by atoms with E-state index < -0.39 is 0 Å². The number of thioether (sulfide) groups is 1. The molecule has 2 aliphatic heterocycles. The SMILES string of the molecule is CC1=CCC(C2=CSCC=C2)c2cc(-c3n[nH]c4ccc(-c5cncc(OC6CCNCC6)c5)cc34)[nH]c2C1. The molecular formula is C32H33N5OS. The monoisotopic (exact) mass is 535 g/mol. The van der Waals surface area contributed by atoms with Gasteiger partial charge in [0, 0.05) is 40.9 Å². The van der Waals surface area contributed by atoms with Gasteiger partial charge in [-0.1, -0.05) is 29.9 Å². The number of benzene rings is 1. The Kier molecular flexibility index (Phi) is 6.62.